The van der Waals surface area contributed by atoms with Crippen LogP contribution < -0.4 is 0 Å². The summed E-state index contributed by atoms with van der Waals surface area (Å²) < 4.78 is 53.5. The van der Waals surface area contributed by atoms with Gasteiger partial charge in [-0.2, -0.15) is 23.5 Å². The van der Waals surface area contributed by atoms with E-state index in [1.54, 1.807) is 18.5 Å². The average Bonchev–Trinajstić information content (AvgIpc) is 3.26. The molecule has 27 heavy (non-hydrogen) atoms. The third kappa shape index (κ3) is 3.77. The summed E-state index contributed by atoms with van der Waals surface area (Å²) in [5, 5.41) is 13.9. The number of aromatic amines is 1. The van der Waals surface area contributed by atoms with E-state index in [0.717, 1.165) is 5.39 Å². The minimum absolute atomic E-state index is 0.0849. The highest BCUT2D eigenvalue weighted by Gasteiger charge is 2.51. The zero-order valence-corrected chi connectivity index (χ0v) is 14.3. The first kappa shape index (κ1) is 18.8. The van der Waals surface area contributed by atoms with Crippen LogP contribution in [-0.4, -0.2) is 36.6 Å². The number of nitrogens with one attached hydrogen (secondary N) is 1. The molecule has 0 saturated carbocycles. The highest BCUT2D eigenvalue weighted by Crippen LogP contribution is 2.39. The van der Waals surface area contributed by atoms with Gasteiger partial charge in [-0.25, -0.2) is 14.4 Å². The zero-order chi connectivity index (χ0) is 19.7. The second-order valence-electron chi connectivity index (χ2n) is 6.42. The first-order valence-corrected chi connectivity index (χ1v) is 8.18. The first-order valence-electron chi connectivity index (χ1n) is 8.18. The number of nitriles is 1. The number of aromatic nitrogens is 5. The number of H-pyrrole nitrogens is 1. The third-order valence-corrected chi connectivity index (χ3v) is 4.47. The van der Waals surface area contributed by atoms with Crippen LogP contribution in [0.2, 0.25) is 0 Å². The smallest absolute Gasteiger partial charge is 0.346 e. The van der Waals surface area contributed by atoms with Crippen molar-refractivity contribution in [3.63, 3.8) is 0 Å². The fourth-order valence-corrected chi connectivity index (χ4v) is 2.78. The lowest BCUT2D eigenvalue weighted by Crippen LogP contribution is -2.38. The minimum atomic E-state index is -4.96. The Bertz CT molecular complexity index is 966. The van der Waals surface area contributed by atoms with Crippen molar-refractivity contribution in [2.75, 3.05) is 0 Å². The van der Waals surface area contributed by atoms with Gasteiger partial charge in [-0.1, -0.05) is 0 Å². The normalized spacial score (nSPS) is 15.4. The van der Waals surface area contributed by atoms with Crippen molar-refractivity contribution in [1.82, 2.24) is 24.7 Å². The molecule has 0 amide bonds. The second-order valence-corrected chi connectivity index (χ2v) is 6.42. The molecule has 2 atom stereocenters. The third-order valence-electron chi connectivity index (χ3n) is 4.47. The summed E-state index contributed by atoms with van der Waals surface area (Å²) in [5.41, 5.74) is -1.45. The maximum Gasteiger partial charge on any atom is 0.422 e. The summed E-state index contributed by atoms with van der Waals surface area (Å²) in [4.78, 5) is 11.3. The zero-order valence-electron chi connectivity index (χ0n) is 14.3. The van der Waals surface area contributed by atoms with Crippen molar-refractivity contribution in [3.8, 4) is 17.3 Å². The molecule has 0 aliphatic carbocycles. The fraction of sp³-hybridized carbons (Fsp3) is 0.412. The van der Waals surface area contributed by atoms with Gasteiger partial charge >= 0.3 is 6.18 Å². The van der Waals surface area contributed by atoms with E-state index in [4.69, 9.17) is 5.26 Å². The van der Waals surface area contributed by atoms with Gasteiger partial charge in [0.15, 0.2) is 0 Å². The Hall–Kier alpha value is -2.96. The van der Waals surface area contributed by atoms with Crippen LogP contribution in [0, 0.1) is 11.3 Å². The molecule has 3 aromatic heterocycles. The van der Waals surface area contributed by atoms with E-state index >= 15 is 0 Å². The number of halogens is 4. The summed E-state index contributed by atoms with van der Waals surface area (Å²) in [6.45, 7) is 0.508. The van der Waals surface area contributed by atoms with Crippen molar-refractivity contribution in [1.29, 1.82) is 5.26 Å². The molecule has 3 aromatic rings. The van der Waals surface area contributed by atoms with Crippen LogP contribution >= 0.6 is 0 Å². The molecular formula is C17H16F4N6. The van der Waals surface area contributed by atoms with Gasteiger partial charge in [0.05, 0.1) is 30.4 Å². The lowest BCUT2D eigenvalue weighted by atomic mass is 9.97. The Morgan fingerprint density at radius 3 is 2.78 bits per heavy atom. The van der Waals surface area contributed by atoms with Gasteiger partial charge in [-0.05, 0) is 25.8 Å². The highest BCUT2D eigenvalue weighted by molar-refractivity contribution is 5.89. The molecule has 0 bridgehead atoms. The number of hydrogen-bond donors (Lipinski definition) is 1. The van der Waals surface area contributed by atoms with Crippen LogP contribution in [0.25, 0.3) is 22.3 Å². The van der Waals surface area contributed by atoms with Crippen molar-refractivity contribution in [2.45, 2.75) is 44.1 Å². The molecule has 0 fully saturated rings. The first-order chi connectivity index (χ1) is 12.7. The Balaban J connectivity index is 1.84. The molecule has 6 nitrogen and oxygen atoms in total. The summed E-state index contributed by atoms with van der Waals surface area (Å²) in [6, 6.07) is 3.04. The lowest BCUT2D eigenvalue weighted by molar-refractivity contribution is -0.226. The number of fused-ring (bicyclic) bond motifs is 1. The van der Waals surface area contributed by atoms with Crippen LogP contribution in [0.3, 0.4) is 0 Å². The molecule has 2 unspecified atom stereocenters. The molecule has 0 aliphatic heterocycles. The van der Waals surface area contributed by atoms with Gasteiger partial charge in [-0.15, -0.1) is 0 Å². The van der Waals surface area contributed by atoms with Crippen molar-refractivity contribution < 1.29 is 17.6 Å². The highest BCUT2D eigenvalue weighted by atomic mass is 19.4. The van der Waals surface area contributed by atoms with E-state index in [-0.39, 0.29) is 12.8 Å². The van der Waals surface area contributed by atoms with E-state index in [2.05, 4.69) is 20.1 Å². The standard InChI is InChI=1S/C17H16F4N6/c1-16(18,17(19,20)21)5-2-12(3-6-22)27-9-11(8-26-27)14-13-4-7-23-15(13)25-10-24-14/h4,7-10,12H,2-3,5H2,1H3,(H,23,24,25). The molecule has 10 heteroatoms. The largest absolute Gasteiger partial charge is 0.422 e. The van der Waals surface area contributed by atoms with E-state index < -0.39 is 24.3 Å². The fourth-order valence-electron chi connectivity index (χ4n) is 2.78. The Morgan fingerprint density at radius 1 is 1.30 bits per heavy atom. The SMILES string of the molecule is CC(F)(CCC(CC#N)n1cc(-c2ncnc3[nH]ccc23)cn1)C(F)(F)F. The summed E-state index contributed by atoms with van der Waals surface area (Å²) in [7, 11) is 0. The number of nitrogens with zero attached hydrogens (tertiary/aromatic N) is 5. The van der Waals surface area contributed by atoms with Crippen molar-refractivity contribution in [3.05, 3.63) is 31.0 Å². The summed E-state index contributed by atoms with van der Waals surface area (Å²) >= 11 is 0. The average molecular weight is 380 g/mol. The molecule has 0 spiro atoms. The van der Waals surface area contributed by atoms with Gasteiger partial charge in [0.1, 0.15) is 12.0 Å². The predicted molar refractivity (Wildman–Crippen MR) is 89.2 cm³/mol. The van der Waals surface area contributed by atoms with Crippen LogP contribution in [0.4, 0.5) is 17.6 Å². The number of rotatable bonds is 6. The Kier molecular flexibility index (Phi) is 4.87. The minimum Gasteiger partial charge on any atom is -0.346 e. The second kappa shape index (κ2) is 6.98. The van der Waals surface area contributed by atoms with E-state index in [1.807, 2.05) is 6.07 Å². The van der Waals surface area contributed by atoms with E-state index in [9.17, 15) is 17.6 Å². The molecule has 3 heterocycles. The van der Waals surface area contributed by atoms with Crippen LogP contribution in [0.1, 0.15) is 32.2 Å². The quantitative estimate of drug-likeness (QED) is 0.645. The summed E-state index contributed by atoms with van der Waals surface area (Å²) in [5.74, 6) is 0. The van der Waals surface area contributed by atoms with Gasteiger partial charge in [0, 0.05) is 23.3 Å². The molecular weight excluding hydrogens is 364 g/mol. The lowest BCUT2D eigenvalue weighted by Gasteiger charge is -2.25. The number of alkyl halides is 4. The topological polar surface area (TPSA) is 83.2 Å². The maximum absolute atomic E-state index is 13.9. The van der Waals surface area contributed by atoms with Crippen LogP contribution in [0.15, 0.2) is 31.0 Å². The molecule has 1 N–H and O–H groups in total. The Morgan fingerprint density at radius 2 is 2.07 bits per heavy atom. The molecule has 0 aromatic carbocycles. The monoisotopic (exact) mass is 380 g/mol. The van der Waals surface area contributed by atoms with Gasteiger partial charge in [0.2, 0.25) is 5.67 Å². The molecule has 0 radical (unpaired) electrons. The number of hydrogen-bond acceptors (Lipinski definition) is 4. The van der Waals surface area contributed by atoms with Crippen LogP contribution in [-0.2, 0) is 0 Å². The van der Waals surface area contributed by atoms with Crippen molar-refractivity contribution >= 4 is 11.0 Å². The predicted octanol–water partition coefficient (Wildman–Crippen LogP) is 4.35. The van der Waals surface area contributed by atoms with Gasteiger partial charge in [-0.3, -0.25) is 4.68 Å². The van der Waals surface area contributed by atoms with E-state index in [1.165, 1.54) is 17.2 Å². The molecule has 3 rings (SSSR count). The molecule has 142 valence electrons. The Labute approximate surface area is 151 Å². The van der Waals surface area contributed by atoms with Crippen LogP contribution in [0.5, 0.6) is 0 Å². The van der Waals surface area contributed by atoms with E-state index in [0.29, 0.717) is 23.8 Å². The van der Waals surface area contributed by atoms with Crippen molar-refractivity contribution in [2.24, 2.45) is 0 Å². The van der Waals surface area contributed by atoms with Gasteiger partial charge < -0.3 is 4.98 Å². The summed E-state index contributed by atoms with van der Waals surface area (Å²) in [6.07, 6.45) is 0.232. The maximum atomic E-state index is 13.9. The molecule has 0 aliphatic rings. The molecule has 0 saturated heterocycles. The van der Waals surface area contributed by atoms with Gasteiger partial charge in [0.25, 0.3) is 0 Å².